The van der Waals surface area contributed by atoms with E-state index >= 15 is 0 Å². The number of rotatable bonds is 6. The average Bonchev–Trinajstić information content (AvgIpc) is 3.19. The van der Waals surface area contributed by atoms with Gasteiger partial charge in [-0.2, -0.15) is 9.40 Å². The molecule has 194 valence electrons. The largest absolute Gasteiger partial charge is 0.336 e. The number of aromatic nitrogens is 2. The molecular weight excluding hydrogens is 490 g/mol. The van der Waals surface area contributed by atoms with Gasteiger partial charge in [-0.25, -0.2) is 8.42 Å². The Hall–Kier alpha value is -3.50. The molecule has 0 radical (unpaired) electrons. The zero-order valence-electron chi connectivity index (χ0n) is 21.1. The monoisotopic (exact) mass is 521 g/mol. The first kappa shape index (κ1) is 25.2. The van der Waals surface area contributed by atoms with E-state index in [1.54, 1.807) is 17.0 Å². The smallest absolute Gasteiger partial charge is 0.243 e. The number of carbonyl (C=O) groups excluding carboxylic acids is 2. The lowest BCUT2D eigenvalue weighted by Gasteiger charge is -2.24. The molecule has 0 spiro atoms. The van der Waals surface area contributed by atoms with E-state index in [0.717, 1.165) is 39.7 Å². The fourth-order valence-electron chi connectivity index (χ4n) is 4.80. The van der Waals surface area contributed by atoms with Crippen molar-refractivity contribution in [2.24, 2.45) is 0 Å². The number of anilines is 1. The van der Waals surface area contributed by atoms with Crippen LogP contribution in [0.3, 0.4) is 0 Å². The van der Waals surface area contributed by atoms with Crippen LogP contribution in [-0.4, -0.2) is 59.4 Å². The van der Waals surface area contributed by atoms with Crippen molar-refractivity contribution >= 4 is 27.5 Å². The highest BCUT2D eigenvalue weighted by Gasteiger charge is 2.28. The number of hydrogen-bond donors (Lipinski definition) is 1. The molecule has 2 aromatic carbocycles. The molecule has 0 unspecified atom stereocenters. The predicted octanol–water partition coefficient (Wildman–Crippen LogP) is 3.05. The number of amides is 2. The number of fused-ring (bicyclic) bond motifs is 2. The summed E-state index contributed by atoms with van der Waals surface area (Å²) in [5.74, 6) is -0.328. The van der Waals surface area contributed by atoms with Crippen molar-refractivity contribution in [2.45, 2.75) is 50.6 Å². The Bertz CT molecular complexity index is 1450. The molecule has 5 rings (SSSR count). The van der Waals surface area contributed by atoms with Crippen molar-refractivity contribution in [3.63, 3.8) is 0 Å². The minimum absolute atomic E-state index is 0.0777. The summed E-state index contributed by atoms with van der Waals surface area (Å²) in [5.41, 5.74) is 5.52. The molecule has 10 heteroatoms. The fraction of sp³-hybridized carbons (Fsp3) is 0.370. The zero-order valence-corrected chi connectivity index (χ0v) is 21.9. The molecule has 0 saturated heterocycles. The molecule has 2 aliphatic rings. The van der Waals surface area contributed by atoms with Gasteiger partial charge in [0.2, 0.25) is 21.8 Å². The van der Waals surface area contributed by atoms with E-state index in [-0.39, 0.29) is 23.3 Å². The standard InChI is InChI=1S/C27H31N5O4S/c1-3-19-5-7-20(8-6-19)25-16-22-17-31(13-4-14-32(22)29-25)27(34)18-30(2)37(35,36)23-10-11-24-21(15-23)9-12-26(33)28-24/h5-8,10-11,15-16H,3-4,9,12-14,17-18H2,1-2H3,(H,28,33). The lowest BCUT2D eigenvalue weighted by molar-refractivity contribution is -0.131. The van der Waals surface area contributed by atoms with Crippen LogP contribution in [0, 0.1) is 0 Å². The van der Waals surface area contributed by atoms with Crippen LogP contribution in [0.25, 0.3) is 11.3 Å². The van der Waals surface area contributed by atoms with Crippen molar-refractivity contribution in [3.8, 4) is 11.3 Å². The molecule has 0 atom stereocenters. The summed E-state index contributed by atoms with van der Waals surface area (Å²) in [6.07, 6.45) is 2.52. The van der Waals surface area contributed by atoms with E-state index in [1.165, 1.54) is 18.7 Å². The van der Waals surface area contributed by atoms with Crippen molar-refractivity contribution in [1.82, 2.24) is 19.0 Å². The molecule has 0 saturated carbocycles. The molecule has 0 fully saturated rings. The van der Waals surface area contributed by atoms with Gasteiger partial charge in [0, 0.05) is 37.8 Å². The molecule has 3 heterocycles. The second-order valence-electron chi connectivity index (χ2n) is 9.59. The molecule has 37 heavy (non-hydrogen) atoms. The van der Waals surface area contributed by atoms with Gasteiger partial charge in [-0.15, -0.1) is 0 Å². The maximum Gasteiger partial charge on any atom is 0.243 e. The third-order valence-electron chi connectivity index (χ3n) is 7.06. The van der Waals surface area contributed by atoms with Crippen LogP contribution in [0.2, 0.25) is 0 Å². The Morgan fingerprint density at radius 1 is 1.08 bits per heavy atom. The second kappa shape index (κ2) is 10.1. The number of nitrogens with one attached hydrogen (secondary N) is 1. The van der Waals surface area contributed by atoms with Crippen LogP contribution in [-0.2, 0) is 45.5 Å². The van der Waals surface area contributed by atoms with Crippen LogP contribution in [0.1, 0.15) is 36.6 Å². The van der Waals surface area contributed by atoms with Crippen LogP contribution in [0.5, 0.6) is 0 Å². The van der Waals surface area contributed by atoms with Crippen molar-refractivity contribution < 1.29 is 18.0 Å². The van der Waals surface area contributed by atoms with E-state index < -0.39 is 10.0 Å². The second-order valence-corrected chi connectivity index (χ2v) is 11.6. The summed E-state index contributed by atoms with van der Waals surface area (Å²) in [4.78, 5) is 26.6. The van der Waals surface area contributed by atoms with E-state index in [4.69, 9.17) is 5.10 Å². The van der Waals surface area contributed by atoms with Gasteiger partial charge in [-0.3, -0.25) is 14.3 Å². The lowest BCUT2D eigenvalue weighted by Crippen LogP contribution is -2.41. The SMILES string of the molecule is CCc1ccc(-c2cc3n(n2)CCCN(C(=O)CN(C)S(=O)(=O)c2ccc4c(c2)CCC(=O)N4)C3)cc1. The number of sulfonamides is 1. The predicted molar refractivity (Wildman–Crippen MR) is 140 cm³/mol. The van der Waals surface area contributed by atoms with Gasteiger partial charge in [0.1, 0.15) is 0 Å². The van der Waals surface area contributed by atoms with Gasteiger partial charge in [0.25, 0.3) is 0 Å². The molecule has 1 aromatic heterocycles. The number of hydrogen-bond acceptors (Lipinski definition) is 5. The van der Waals surface area contributed by atoms with Gasteiger partial charge in [0.15, 0.2) is 0 Å². The average molecular weight is 522 g/mol. The third-order valence-corrected chi connectivity index (χ3v) is 8.86. The highest BCUT2D eigenvalue weighted by atomic mass is 32.2. The van der Waals surface area contributed by atoms with Gasteiger partial charge in [0.05, 0.1) is 29.4 Å². The van der Waals surface area contributed by atoms with Gasteiger partial charge in [-0.1, -0.05) is 31.2 Å². The number of carbonyl (C=O) groups is 2. The Balaban J connectivity index is 1.28. The van der Waals surface area contributed by atoms with Crippen LogP contribution in [0.15, 0.2) is 53.4 Å². The minimum Gasteiger partial charge on any atom is -0.336 e. The van der Waals surface area contributed by atoms with E-state index in [9.17, 15) is 18.0 Å². The summed E-state index contributed by atoms with van der Waals surface area (Å²) in [7, 11) is -2.45. The molecule has 1 N–H and O–H groups in total. The summed E-state index contributed by atoms with van der Waals surface area (Å²) in [6.45, 7) is 3.48. The first-order valence-corrected chi connectivity index (χ1v) is 14.0. The summed E-state index contributed by atoms with van der Waals surface area (Å²) in [5, 5.41) is 7.52. The quantitative estimate of drug-likeness (QED) is 0.537. The minimum atomic E-state index is -3.87. The van der Waals surface area contributed by atoms with E-state index in [2.05, 4.69) is 36.5 Å². The normalized spacial score (nSPS) is 15.6. The maximum atomic E-state index is 13.2. The van der Waals surface area contributed by atoms with Crippen LogP contribution < -0.4 is 5.32 Å². The number of nitrogens with zero attached hydrogens (tertiary/aromatic N) is 4. The Kier molecular flexibility index (Phi) is 6.87. The van der Waals surface area contributed by atoms with Crippen molar-refractivity contribution in [3.05, 3.63) is 65.4 Å². The number of likely N-dealkylation sites (N-methyl/N-ethyl adjacent to an activating group) is 1. The molecular formula is C27H31N5O4S. The van der Waals surface area contributed by atoms with E-state index in [1.807, 2.05) is 10.7 Å². The topological polar surface area (TPSA) is 105 Å². The Morgan fingerprint density at radius 2 is 1.86 bits per heavy atom. The summed E-state index contributed by atoms with van der Waals surface area (Å²) >= 11 is 0. The van der Waals surface area contributed by atoms with Gasteiger partial charge < -0.3 is 10.2 Å². The van der Waals surface area contributed by atoms with Gasteiger partial charge in [-0.05, 0) is 54.7 Å². The molecule has 2 aliphatic heterocycles. The fourth-order valence-corrected chi connectivity index (χ4v) is 5.97. The third kappa shape index (κ3) is 5.17. The Morgan fingerprint density at radius 3 is 2.62 bits per heavy atom. The highest BCUT2D eigenvalue weighted by Crippen LogP contribution is 2.27. The molecule has 0 aliphatic carbocycles. The van der Waals surface area contributed by atoms with E-state index in [0.29, 0.717) is 38.2 Å². The maximum absolute atomic E-state index is 13.2. The van der Waals surface area contributed by atoms with Gasteiger partial charge >= 0.3 is 0 Å². The molecule has 0 bridgehead atoms. The van der Waals surface area contributed by atoms with Crippen LogP contribution >= 0.6 is 0 Å². The Labute approximate surface area is 217 Å². The summed E-state index contributed by atoms with van der Waals surface area (Å²) < 4.78 is 29.5. The summed E-state index contributed by atoms with van der Waals surface area (Å²) in [6, 6.07) is 15.0. The van der Waals surface area contributed by atoms with Crippen molar-refractivity contribution in [2.75, 3.05) is 25.5 Å². The first-order chi connectivity index (χ1) is 17.7. The first-order valence-electron chi connectivity index (χ1n) is 12.6. The molecule has 2 amide bonds. The highest BCUT2D eigenvalue weighted by molar-refractivity contribution is 7.89. The van der Waals surface area contributed by atoms with Crippen molar-refractivity contribution in [1.29, 1.82) is 0 Å². The zero-order chi connectivity index (χ0) is 26.2. The molecule has 9 nitrogen and oxygen atoms in total. The molecule has 3 aromatic rings. The lowest BCUT2D eigenvalue weighted by atomic mass is 10.0. The van der Waals surface area contributed by atoms with Crippen LogP contribution in [0.4, 0.5) is 5.69 Å². The number of aryl methyl sites for hydroxylation is 3. The number of benzene rings is 2.